The molecule has 0 fully saturated rings. The van der Waals surface area contributed by atoms with E-state index >= 15 is 0 Å². The molecule has 1 aromatic carbocycles. The van der Waals surface area contributed by atoms with Crippen LogP contribution in [-0.4, -0.2) is 22.4 Å². The number of nitrogen functional groups attached to an aromatic ring is 1. The molecule has 6 heteroatoms. The van der Waals surface area contributed by atoms with Gasteiger partial charge in [0.15, 0.2) is 11.5 Å². The number of H-pyrrole nitrogens is 1. The molecule has 1 heterocycles. The second-order valence-corrected chi connectivity index (χ2v) is 3.65. The van der Waals surface area contributed by atoms with Crippen LogP contribution in [0.15, 0.2) is 18.2 Å². The van der Waals surface area contributed by atoms with Crippen molar-refractivity contribution in [2.45, 2.75) is 0 Å². The lowest BCUT2D eigenvalue weighted by Gasteiger charge is -2.08. The third kappa shape index (κ3) is 1.77. The number of halogens is 1. The van der Waals surface area contributed by atoms with E-state index in [-0.39, 0.29) is 5.75 Å². The average molecular weight is 240 g/mol. The molecule has 0 aliphatic carbocycles. The summed E-state index contributed by atoms with van der Waals surface area (Å²) in [6, 6.07) is 4.73. The minimum Gasteiger partial charge on any atom is -0.504 e. The van der Waals surface area contributed by atoms with Gasteiger partial charge in [-0.3, -0.25) is 5.10 Å². The minimum absolute atomic E-state index is 0.00412. The number of aromatic hydroxyl groups is 1. The molecule has 0 saturated carbocycles. The fourth-order valence-corrected chi connectivity index (χ4v) is 1.62. The minimum atomic E-state index is -0.00412. The highest BCUT2D eigenvalue weighted by Crippen LogP contribution is 2.39. The third-order valence-corrected chi connectivity index (χ3v) is 2.37. The molecule has 0 atom stereocenters. The highest BCUT2D eigenvalue weighted by atomic mass is 35.5. The molecule has 0 unspecified atom stereocenters. The Morgan fingerprint density at radius 3 is 2.75 bits per heavy atom. The predicted octanol–water partition coefficient (Wildman–Crippen LogP) is 2.03. The van der Waals surface area contributed by atoms with Gasteiger partial charge in [0.1, 0.15) is 5.82 Å². The van der Waals surface area contributed by atoms with Crippen LogP contribution in [0.2, 0.25) is 5.02 Å². The summed E-state index contributed by atoms with van der Waals surface area (Å²) in [4.78, 5) is 0. The number of benzene rings is 1. The van der Waals surface area contributed by atoms with E-state index in [4.69, 9.17) is 22.1 Å². The molecular weight excluding hydrogens is 230 g/mol. The molecule has 0 radical (unpaired) electrons. The van der Waals surface area contributed by atoms with Crippen molar-refractivity contribution in [3.05, 3.63) is 23.2 Å². The first-order chi connectivity index (χ1) is 7.61. The van der Waals surface area contributed by atoms with Crippen molar-refractivity contribution >= 4 is 17.4 Å². The van der Waals surface area contributed by atoms with E-state index in [0.717, 1.165) is 0 Å². The Bertz CT molecular complexity index is 525. The molecule has 0 amide bonds. The number of ether oxygens (including phenoxy) is 1. The van der Waals surface area contributed by atoms with E-state index < -0.39 is 0 Å². The molecule has 0 saturated heterocycles. The number of hydrogen-bond acceptors (Lipinski definition) is 4. The summed E-state index contributed by atoms with van der Waals surface area (Å²) >= 11 is 5.90. The van der Waals surface area contributed by atoms with Crippen molar-refractivity contribution in [3.63, 3.8) is 0 Å². The van der Waals surface area contributed by atoms with Crippen LogP contribution in [0.1, 0.15) is 0 Å². The SMILES string of the molecule is COc1cc(Cl)cc(-c2cc(N)n[nH]2)c1O. The Kier molecular flexibility index (Phi) is 2.62. The number of nitrogens with two attached hydrogens (primary N) is 1. The average Bonchev–Trinajstić information content (AvgIpc) is 2.67. The smallest absolute Gasteiger partial charge is 0.167 e. The number of phenolic OH excluding ortho intramolecular Hbond substituents is 1. The summed E-state index contributed by atoms with van der Waals surface area (Å²) in [5.74, 6) is 0.638. The summed E-state index contributed by atoms with van der Waals surface area (Å²) in [6.45, 7) is 0. The van der Waals surface area contributed by atoms with E-state index in [1.54, 1.807) is 12.1 Å². The predicted molar refractivity (Wildman–Crippen MR) is 61.7 cm³/mol. The maximum atomic E-state index is 9.90. The summed E-state index contributed by atoms with van der Waals surface area (Å²) in [7, 11) is 1.45. The topological polar surface area (TPSA) is 84.2 Å². The van der Waals surface area contributed by atoms with Crippen LogP contribution >= 0.6 is 11.6 Å². The summed E-state index contributed by atoms with van der Waals surface area (Å²) < 4.78 is 4.99. The van der Waals surface area contributed by atoms with Crippen LogP contribution < -0.4 is 10.5 Å². The zero-order valence-corrected chi connectivity index (χ0v) is 9.25. The van der Waals surface area contributed by atoms with E-state index in [2.05, 4.69) is 10.2 Å². The molecule has 1 aromatic heterocycles. The van der Waals surface area contributed by atoms with Gasteiger partial charge >= 0.3 is 0 Å². The Morgan fingerprint density at radius 1 is 1.44 bits per heavy atom. The van der Waals surface area contributed by atoms with Gasteiger partial charge in [0.25, 0.3) is 0 Å². The molecule has 5 nitrogen and oxygen atoms in total. The number of aromatic nitrogens is 2. The van der Waals surface area contributed by atoms with Crippen LogP contribution in [0.25, 0.3) is 11.3 Å². The fourth-order valence-electron chi connectivity index (χ4n) is 1.41. The number of phenols is 1. The lowest BCUT2D eigenvalue weighted by Crippen LogP contribution is -1.87. The Morgan fingerprint density at radius 2 is 2.19 bits per heavy atom. The van der Waals surface area contributed by atoms with E-state index in [9.17, 15) is 5.11 Å². The van der Waals surface area contributed by atoms with Gasteiger partial charge in [-0.1, -0.05) is 11.6 Å². The van der Waals surface area contributed by atoms with Gasteiger partial charge < -0.3 is 15.6 Å². The quantitative estimate of drug-likeness (QED) is 0.749. The first-order valence-electron chi connectivity index (χ1n) is 4.49. The number of anilines is 1. The van der Waals surface area contributed by atoms with Crippen LogP contribution in [0.4, 0.5) is 5.82 Å². The first-order valence-corrected chi connectivity index (χ1v) is 4.87. The van der Waals surface area contributed by atoms with Gasteiger partial charge in [-0.2, -0.15) is 5.10 Å². The van der Waals surface area contributed by atoms with Gasteiger partial charge in [-0.05, 0) is 6.07 Å². The molecule has 0 aliphatic heterocycles. The monoisotopic (exact) mass is 239 g/mol. The molecule has 2 aromatic rings. The number of aromatic amines is 1. The maximum Gasteiger partial charge on any atom is 0.167 e. The highest BCUT2D eigenvalue weighted by Gasteiger charge is 2.13. The molecule has 0 aliphatic rings. The van der Waals surface area contributed by atoms with Gasteiger partial charge in [0.2, 0.25) is 0 Å². The first kappa shape index (κ1) is 10.6. The largest absolute Gasteiger partial charge is 0.504 e. The molecule has 0 spiro atoms. The second-order valence-electron chi connectivity index (χ2n) is 3.21. The molecule has 2 rings (SSSR count). The highest BCUT2D eigenvalue weighted by molar-refractivity contribution is 6.31. The van der Waals surface area contributed by atoms with Crippen LogP contribution in [0.3, 0.4) is 0 Å². The summed E-state index contributed by atoms with van der Waals surface area (Å²) in [5, 5.41) is 16.8. The lowest BCUT2D eigenvalue weighted by atomic mass is 10.1. The zero-order valence-electron chi connectivity index (χ0n) is 8.49. The van der Waals surface area contributed by atoms with Gasteiger partial charge in [-0.15, -0.1) is 0 Å². The Balaban J connectivity index is 2.60. The van der Waals surface area contributed by atoms with Crippen molar-refractivity contribution in [1.82, 2.24) is 10.2 Å². The van der Waals surface area contributed by atoms with Crippen LogP contribution in [-0.2, 0) is 0 Å². The standard InChI is InChI=1S/C10H10ClN3O2/c1-16-8-3-5(11)2-6(10(8)15)7-4-9(12)14-13-7/h2-4,15H,1H3,(H3,12,13,14). The van der Waals surface area contributed by atoms with Gasteiger partial charge in [0.05, 0.1) is 12.8 Å². The Labute approximate surface area is 96.8 Å². The van der Waals surface area contributed by atoms with E-state index in [0.29, 0.717) is 27.8 Å². The summed E-state index contributed by atoms with van der Waals surface area (Å²) in [6.07, 6.45) is 0. The maximum absolute atomic E-state index is 9.90. The third-order valence-electron chi connectivity index (χ3n) is 2.15. The molecule has 84 valence electrons. The number of methoxy groups -OCH3 is 1. The fraction of sp³-hybridized carbons (Fsp3) is 0.100. The van der Waals surface area contributed by atoms with Gasteiger partial charge in [-0.25, -0.2) is 0 Å². The molecule has 16 heavy (non-hydrogen) atoms. The second kappa shape index (κ2) is 3.94. The lowest BCUT2D eigenvalue weighted by molar-refractivity contribution is 0.374. The van der Waals surface area contributed by atoms with Crippen molar-refractivity contribution in [2.75, 3.05) is 12.8 Å². The van der Waals surface area contributed by atoms with Crippen molar-refractivity contribution < 1.29 is 9.84 Å². The zero-order chi connectivity index (χ0) is 11.7. The normalized spacial score (nSPS) is 10.4. The Hall–Kier alpha value is -1.88. The van der Waals surface area contributed by atoms with Crippen molar-refractivity contribution in [1.29, 1.82) is 0 Å². The number of nitrogens with zero attached hydrogens (tertiary/aromatic N) is 1. The van der Waals surface area contributed by atoms with Crippen molar-refractivity contribution in [3.8, 4) is 22.8 Å². The van der Waals surface area contributed by atoms with E-state index in [1.807, 2.05) is 0 Å². The van der Waals surface area contributed by atoms with E-state index in [1.165, 1.54) is 13.2 Å². The summed E-state index contributed by atoms with van der Waals surface area (Å²) in [5.41, 5.74) is 6.56. The molecule has 4 N–H and O–H groups in total. The van der Waals surface area contributed by atoms with Gasteiger partial charge in [0, 0.05) is 22.7 Å². The van der Waals surface area contributed by atoms with Crippen LogP contribution in [0, 0.1) is 0 Å². The number of rotatable bonds is 2. The molecule has 0 bridgehead atoms. The molecular formula is C10H10ClN3O2. The van der Waals surface area contributed by atoms with Crippen LogP contribution in [0.5, 0.6) is 11.5 Å². The number of nitrogens with one attached hydrogen (secondary N) is 1. The van der Waals surface area contributed by atoms with Crippen molar-refractivity contribution in [2.24, 2.45) is 0 Å². The number of hydrogen-bond donors (Lipinski definition) is 3.